The summed E-state index contributed by atoms with van der Waals surface area (Å²) in [6.07, 6.45) is 3.39. The molecule has 1 atom stereocenters. The maximum absolute atomic E-state index is 12.6. The Hall–Kier alpha value is -2.16. The normalized spacial score (nSPS) is 21.5. The minimum absolute atomic E-state index is 0.0465. The molecule has 1 aromatic heterocycles. The van der Waals surface area contributed by atoms with Gasteiger partial charge >= 0.3 is 0 Å². The van der Waals surface area contributed by atoms with Crippen LogP contribution in [0.1, 0.15) is 60.4 Å². The molecule has 3 aliphatic rings. The fourth-order valence-corrected chi connectivity index (χ4v) is 6.26. The van der Waals surface area contributed by atoms with Gasteiger partial charge in [-0.2, -0.15) is 0 Å². The molecule has 10 heteroatoms. The number of carbonyl (C=O) groups excluding carboxylic acids is 2. The Balaban J connectivity index is 1.16. The Morgan fingerprint density at radius 2 is 1.94 bits per heavy atom. The SMILES string of the molecule is O=C(CN1CCCC1=O)N1CCC(c2nc(C3=NO[C@@H](c4c(Cl)cccc4Cl)C3)cs2)CC1. The highest BCUT2D eigenvalue weighted by Gasteiger charge is 2.31. The summed E-state index contributed by atoms with van der Waals surface area (Å²) in [4.78, 5) is 38.4. The van der Waals surface area contributed by atoms with E-state index in [1.54, 1.807) is 28.4 Å². The average molecular weight is 507 g/mol. The molecule has 0 aliphatic carbocycles. The smallest absolute Gasteiger partial charge is 0.242 e. The minimum Gasteiger partial charge on any atom is -0.387 e. The van der Waals surface area contributed by atoms with E-state index in [0.29, 0.717) is 48.4 Å². The van der Waals surface area contributed by atoms with E-state index in [9.17, 15) is 9.59 Å². The lowest BCUT2D eigenvalue weighted by molar-refractivity contribution is -0.139. The third kappa shape index (κ3) is 4.74. The van der Waals surface area contributed by atoms with Crippen LogP contribution < -0.4 is 0 Å². The van der Waals surface area contributed by atoms with E-state index in [-0.39, 0.29) is 24.5 Å². The molecule has 2 amide bonds. The van der Waals surface area contributed by atoms with Gasteiger partial charge in [-0.15, -0.1) is 11.3 Å². The number of aromatic nitrogens is 1. The number of rotatable bonds is 5. The van der Waals surface area contributed by atoms with Gasteiger partial charge in [-0.25, -0.2) is 4.98 Å². The topological polar surface area (TPSA) is 75.1 Å². The fourth-order valence-electron chi connectivity index (χ4n) is 4.62. The van der Waals surface area contributed by atoms with Crippen LogP contribution in [0, 0.1) is 0 Å². The highest BCUT2D eigenvalue weighted by Crippen LogP contribution is 2.39. The summed E-state index contributed by atoms with van der Waals surface area (Å²) in [5.41, 5.74) is 2.37. The number of oxime groups is 1. The number of nitrogens with zero attached hydrogens (tertiary/aromatic N) is 4. The molecular formula is C23H24Cl2N4O3S. The number of amides is 2. The molecular weight excluding hydrogens is 483 g/mol. The number of likely N-dealkylation sites (tertiary alicyclic amines) is 2. The van der Waals surface area contributed by atoms with Crippen molar-refractivity contribution in [2.75, 3.05) is 26.2 Å². The molecule has 2 fully saturated rings. The summed E-state index contributed by atoms with van der Waals surface area (Å²) < 4.78 is 0. The summed E-state index contributed by atoms with van der Waals surface area (Å²) in [5.74, 6) is 0.453. The second-order valence-corrected chi connectivity index (χ2v) is 10.3. The number of carbonyl (C=O) groups is 2. The van der Waals surface area contributed by atoms with Crippen LogP contribution >= 0.6 is 34.5 Å². The third-order valence-electron chi connectivity index (χ3n) is 6.50. The molecule has 7 nitrogen and oxygen atoms in total. The first-order valence-electron chi connectivity index (χ1n) is 11.2. The van der Waals surface area contributed by atoms with Gasteiger partial charge in [0.2, 0.25) is 11.8 Å². The van der Waals surface area contributed by atoms with Crippen molar-refractivity contribution in [1.82, 2.24) is 14.8 Å². The van der Waals surface area contributed by atoms with Gasteiger partial charge in [-0.3, -0.25) is 9.59 Å². The van der Waals surface area contributed by atoms with E-state index in [0.717, 1.165) is 41.2 Å². The second-order valence-electron chi connectivity index (χ2n) is 8.62. The molecule has 3 aliphatic heterocycles. The molecule has 2 saturated heterocycles. The number of hydrogen-bond acceptors (Lipinski definition) is 6. The summed E-state index contributed by atoms with van der Waals surface area (Å²) >= 11 is 14.3. The van der Waals surface area contributed by atoms with Gasteiger partial charge in [0.1, 0.15) is 5.71 Å². The summed E-state index contributed by atoms with van der Waals surface area (Å²) in [5, 5.41) is 8.47. The van der Waals surface area contributed by atoms with Gasteiger partial charge in [0.25, 0.3) is 0 Å². The van der Waals surface area contributed by atoms with Crippen molar-refractivity contribution < 1.29 is 14.4 Å². The number of halogens is 2. The Bertz CT molecular complexity index is 1080. The van der Waals surface area contributed by atoms with Crippen LogP contribution in [0.25, 0.3) is 0 Å². The summed E-state index contributed by atoms with van der Waals surface area (Å²) in [6.45, 7) is 2.29. The summed E-state index contributed by atoms with van der Waals surface area (Å²) in [7, 11) is 0. The maximum Gasteiger partial charge on any atom is 0.242 e. The molecule has 4 heterocycles. The van der Waals surface area contributed by atoms with Gasteiger partial charge in [0.15, 0.2) is 6.10 Å². The zero-order valence-corrected chi connectivity index (χ0v) is 20.3. The Morgan fingerprint density at radius 1 is 1.18 bits per heavy atom. The van der Waals surface area contributed by atoms with E-state index in [2.05, 4.69) is 5.16 Å². The van der Waals surface area contributed by atoms with E-state index in [4.69, 9.17) is 33.0 Å². The maximum atomic E-state index is 12.6. The van der Waals surface area contributed by atoms with Crippen molar-refractivity contribution in [3.05, 3.63) is 49.9 Å². The Labute approximate surface area is 206 Å². The zero-order chi connectivity index (χ0) is 22.9. The lowest BCUT2D eigenvalue weighted by Gasteiger charge is -2.32. The second kappa shape index (κ2) is 9.60. The van der Waals surface area contributed by atoms with Gasteiger partial charge in [-0.05, 0) is 31.4 Å². The van der Waals surface area contributed by atoms with Gasteiger partial charge in [0.05, 0.1) is 17.2 Å². The van der Waals surface area contributed by atoms with Crippen LogP contribution in [0.4, 0.5) is 0 Å². The molecule has 0 radical (unpaired) electrons. The average Bonchev–Trinajstić information content (AvgIpc) is 3.56. The predicted octanol–water partition coefficient (Wildman–Crippen LogP) is 4.64. The standard InChI is InChI=1S/C23H24Cl2N4O3S/c24-15-3-1-4-16(25)22(15)19-11-17(27-32-19)18-13-33-23(26-18)14-6-9-28(10-7-14)21(31)12-29-8-2-5-20(29)30/h1,3-4,13-14,19H,2,5-12H2/t19-/m1/s1. The zero-order valence-electron chi connectivity index (χ0n) is 18.0. The quantitative estimate of drug-likeness (QED) is 0.591. The van der Waals surface area contributed by atoms with E-state index in [1.165, 1.54) is 0 Å². The number of thiazole rings is 1. The van der Waals surface area contributed by atoms with Crippen molar-refractivity contribution in [2.24, 2.45) is 5.16 Å². The van der Waals surface area contributed by atoms with Crippen LogP contribution in [0.3, 0.4) is 0 Å². The van der Waals surface area contributed by atoms with Crippen molar-refractivity contribution >= 4 is 52.1 Å². The monoisotopic (exact) mass is 506 g/mol. The fraction of sp³-hybridized carbons (Fsp3) is 0.478. The molecule has 0 unspecified atom stereocenters. The van der Waals surface area contributed by atoms with Crippen molar-refractivity contribution in [1.29, 1.82) is 0 Å². The van der Waals surface area contributed by atoms with Crippen molar-refractivity contribution in [3.63, 3.8) is 0 Å². The van der Waals surface area contributed by atoms with Crippen LogP contribution in [0.15, 0.2) is 28.7 Å². The highest BCUT2D eigenvalue weighted by atomic mass is 35.5. The van der Waals surface area contributed by atoms with Gasteiger partial charge < -0.3 is 14.6 Å². The predicted molar refractivity (Wildman–Crippen MR) is 128 cm³/mol. The molecule has 0 N–H and O–H groups in total. The first-order valence-corrected chi connectivity index (χ1v) is 12.8. The lowest BCUT2D eigenvalue weighted by Crippen LogP contribution is -2.44. The van der Waals surface area contributed by atoms with Gasteiger partial charge in [-0.1, -0.05) is 34.4 Å². The van der Waals surface area contributed by atoms with Crippen molar-refractivity contribution in [3.8, 4) is 0 Å². The van der Waals surface area contributed by atoms with Gasteiger partial charge in [0, 0.05) is 59.4 Å². The molecule has 174 valence electrons. The Morgan fingerprint density at radius 3 is 2.64 bits per heavy atom. The molecule has 0 bridgehead atoms. The Kier molecular flexibility index (Phi) is 6.58. The molecule has 1 aromatic carbocycles. The first kappa shape index (κ1) is 22.6. The van der Waals surface area contributed by atoms with Crippen LogP contribution in [0.2, 0.25) is 10.0 Å². The first-order chi connectivity index (χ1) is 16.0. The van der Waals surface area contributed by atoms with E-state index in [1.807, 2.05) is 16.3 Å². The molecule has 33 heavy (non-hydrogen) atoms. The highest BCUT2D eigenvalue weighted by molar-refractivity contribution is 7.10. The molecule has 0 saturated carbocycles. The van der Waals surface area contributed by atoms with Crippen molar-refractivity contribution in [2.45, 2.75) is 44.1 Å². The molecule has 2 aromatic rings. The number of hydrogen-bond donors (Lipinski definition) is 0. The third-order valence-corrected chi connectivity index (χ3v) is 8.17. The van der Waals surface area contributed by atoms with Crippen LogP contribution in [-0.2, 0) is 14.4 Å². The number of piperidine rings is 1. The lowest BCUT2D eigenvalue weighted by atomic mass is 9.97. The summed E-state index contributed by atoms with van der Waals surface area (Å²) in [6, 6.07) is 5.40. The van der Waals surface area contributed by atoms with Crippen LogP contribution in [0.5, 0.6) is 0 Å². The van der Waals surface area contributed by atoms with Crippen LogP contribution in [-0.4, -0.2) is 58.5 Å². The molecule has 0 spiro atoms. The number of benzene rings is 1. The molecule has 5 rings (SSSR count). The van der Waals surface area contributed by atoms with E-state index >= 15 is 0 Å². The largest absolute Gasteiger partial charge is 0.387 e. The van der Waals surface area contributed by atoms with E-state index < -0.39 is 0 Å². The minimum atomic E-state index is -0.317.